The van der Waals surface area contributed by atoms with Crippen molar-refractivity contribution in [1.29, 1.82) is 5.41 Å². The number of nitrogens with two attached hydrogens (primary N) is 3. The lowest BCUT2D eigenvalue weighted by molar-refractivity contribution is -0.149. The topological polar surface area (TPSA) is 375 Å². The summed E-state index contributed by atoms with van der Waals surface area (Å²) in [5.41, 5.74) is 18.8. The van der Waals surface area contributed by atoms with Crippen molar-refractivity contribution in [1.82, 2.24) is 47.4 Å². The van der Waals surface area contributed by atoms with Crippen LogP contribution in [0.25, 0.3) is 0 Å². The first-order chi connectivity index (χ1) is 36.5. The molecular weight excluding hydrogens is 979 g/mol. The Hall–Kier alpha value is -7.92. The molecule has 0 aliphatic carbocycles. The Morgan fingerprint density at radius 3 is 1.54 bits per heavy atom. The molecule has 8 atom stereocenters. The number of carboxylic acids is 1. The van der Waals surface area contributed by atoms with Crippen molar-refractivity contribution >= 4 is 59.2 Å². The van der Waals surface area contributed by atoms with E-state index in [1.165, 1.54) is 4.90 Å². The Balaban J connectivity index is 1.39. The number of rotatable bonds is 30. The van der Waals surface area contributed by atoms with E-state index in [1.807, 2.05) is 0 Å². The summed E-state index contributed by atoms with van der Waals surface area (Å²) in [6.07, 6.45) is 2.31. The molecule has 76 heavy (non-hydrogen) atoms. The minimum absolute atomic E-state index is 0.00228. The summed E-state index contributed by atoms with van der Waals surface area (Å²) < 4.78 is 0. The number of hydrogen-bond donors (Lipinski definition) is 13. The van der Waals surface area contributed by atoms with Crippen LogP contribution in [0.3, 0.4) is 0 Å². The molecule has 0 unspecified atom stereocenters. The van der Waals surface area contributed by atoms with Crippen molar-refractivity contribution in [3.05, 3.63) is 108 Å². The number of unbranched alkanes of at least 4 members (excludes halogenated alkanes) is 1. The highest BCUT2D eigenvalue weighted by Crippen LogP contribution is 2.20. The molecule has 2 fully saturated rings. The number of nitrogens with zero attached hydrogens (tertiary/aromatic N) is 1. The van der Waals surface area contributed by atoms with Gasteiger partial charge in [0.25, 0.3) is 0 Å². The Morgan fingerprint density at radius 2 is 1.05 bits per heavy atom. The number of hydrogen-bond acceptors (Lipinski definition) is 12. The maximum Gasteiger partial charge on any atom is 0.326 e. The average Bonchev–Trinajstić information content (AvgIpc) is 4.14. The van der Waals surface area contributed by atoms with Crippen LogP contribution in [-0.2, 0) is 62.4 Å². The molecule has 3 aromatic rings. The zero-order valence-corrected chi connectivity index (χ0v) is 42.6. The lowest BCUT2D eigenvalue weighted by Gasteiger charge is -2.29. The van der Waals surface area contributed by atoms with Crippen molar-refractivity contribution in [2.24, 2.45) is 17.2 Å². The summed E-state index contributed by atoms with van der Waals surface area (Å²) >= 11 is 0. The second kappa shape index (κ2) is 30.4. The molecule has 2 heterocycles. The molecule has 2 aliphatic rings. The second-order valence-electron chi connectivity index (χ2n) is 19.1. The molecular formula is C53H73N13O10. The molecule has 410 valence electrons. The lowest BCUT2D eigenvalue weighted by atomic mass is 10.0. The number of likely N-dealkylation sites (tertiary alicyclic amines) is 1. The van der Waals surface area contributed by atoms with Crippen LogP contribution < -0.4 is 59.7 Å². The number of aliphatic carboxylic acids is 1. The van der Waals surface area contributed by atoms with E-state index >= 15 is 0 Å². The predicted octanol–water partition coefficient (Wildman–Crippen LogP) is -1.28. The van der Waals surface area contributed by atoms with Crippen LogP contribution in [0.15, 0.2) is 91.0 Å². The Kier molecular flexibility index (Phi) is 23.6. The van der Waals surface area contributed by atoms with Crippen molar-refractivity contribution in [3.63, 3.8) is 0 Å². The lowest BCUT2D eigenvalue weighted by Crippen LogP contribution is -2.61. The first-order valence-electron chi connectivity index (χ1n) is 25.8. The first-order valence-corrected chi connectivity index (χ1v) is 25.8. The molecule has 23 heteroatoms. The number of carboxylic acid groups (broad SMARTS) is 1. The number of nitrogens with one attached hydrogen (secondary N) is 9. The van der Waals surface area contributed by atoms with Crippen LogP contribution in [0.1, 0.15) is 80.9 Å². The van der Waals surface area contributed by atoms with Gasteiger partial charge in [-0.25, -0.2) is 4.79 Å². The van der Waals surface area contributed by atoms with Crippen LogP contribution >= 0.6 is 0 Å². The summed E-state index contributed by atoms with van der Waals surface area (Å²) in [5, 5.41) is 39.5. The van der Waals surface area contributed by atoms with Gasteiger partial charge in [0, 0.05) is 32.4 Å². The number of carbonyl (C=O) groups is 9. The molecule has 2 saturated heterocycles. The molecule has 0 radical (unpaired) electrons. The van der Waals surface area contributed by atoms with Gasteiger partial charge >= 0.3 is 5.97 Å². The fraction of sp³-hybridized carbons (Fsp3) is 0.472. The SMILES string of the molecule is N=C(N)NCCC[C@H](NC(=O)[C@@H]1CCCN1)C(=O)N[C@@H](Cc1ccccc1)C(=O)N[C@@H](Cc1ccccc1)C(=O)N[C@@H](CC(N)=O)C(=O)N[C@@H](CCCCN)C(=O)N[C@@H](Cc1ccccc1)C(=O)N1CCC[C@@H]1C(=O)O. The number of amides is 8. The average molecular weight is 1050 g/mol. The zero-order chi connectivity index (χ0) is 55.0. The molecule has 3 aromatic carbocycles. The van der Waals surface area contributed by atoms with Crippen LogP contribution in [-0.4, -0.2) is 144 Å². The Bertz CT molecular complexity index is 2450. The first kappa shape index (κ1) is 59.0. The van der Waals surface area contributed by atoms with E-state index in [-0.39, 0.29) is 64.1 Å². The summed E-state index contributed by atoms with van der Waals surface area (Å²) in [4.78, 5) is 125. The smallest absolute Gasteiger partial charge is 0.326 e. The highest BCUT2D eigenvalue weighted by molar-refractivity contribution is 5.99. The van der Waals surface area contributed by atoms with Gasteiger partial charge in [-0.05, 0) is 87.6 Å². The monoisotopic (exact) mass is 1050 g/mol. The van der Waals surface area contributed by atoms with Crippen molar-refractivity contribution in [2.75, 3.05) is 26.2 Å². The van der Waals surface area contributed by atoms with Gasteiger partial charge < -0.3 is 69.7 Å². The Morgan fingerprint density at radius 1 is 0.592 bits per heavy atom. The third-order valence-electron chi connectivity index (χ3n) is 13.2. The second-order valence-corrected chi connectivity index (χ2v) is 19.1. The predicted molar refractivity (Wildman–Crippen MR) is 281 cm³/mol. The van der Waals surface area contributed by atoms with Gasteiger partial charge in [-0.2, -0.15) is 0 Å². The van der Waals surface area contributed by atoms with Gasteiger partial charge in [-0.1, -0.05) is 91.0 Å². The van der Waals surface area contributed by atoms with E-state index in [1.54, 1.807) is 91.0 Å². The molecule has 0 spiro atoms. The third kappa shape index (κ3) is 19.1. The van der Waals surface area contributed by atoms with Crippen LogP contribution in [0, 0.1) is 5.41 Å². The van der Waals surface area contributed by atoms with E-state index in [4.69, 9.17) is 22.6 Å². The number of carbonyl (C=O) groups excluding carboxylic acids is 8. The van der Waals surface area contributed by atoms with Gasteiger partial charge in [0.05, 0.1) is 12.5 Å². The number of benzene rings is 3. The van der Waals surface area contributed by atoms with Crippen LogP contribution in [0.2, 0.25) is 0 Å². The van der Waals surface area contributed by atoms with E-state index < -0.39 is 108 Å². The quantitative estimate of drug-likeness (QED) is 0.0210. The molecule has 16 N–H and O–H groups in total. The number of primary amides is 1. The Labute approximate surface area is 441 Å². The molecule has 0 saturated carbocycles. The minimum Gasteiger partial charge on any atom is -0.480 e. The van der Waals surface area contributed by atoms with Crippen LogP contribution in [0.5, 0.6) is 0 Å². The van der Waals surface area contributed by atoms with Gasteiger partial charge in [-0.15, -0.1) is 0 Å². The molecule has 0 aromatic heterocycles. The van der Waals surface area contributed by atoms with E-state index in [9.17, 15) is 48.3 Å². The highest BCUT2D eigenvalue weighted by atomic mass is 16.4. The van der Waals surface area contributed by atoms with Crippen molar-refractivity contribution in [2.45, 2.75) is 132 Å². The third-order valence-corrected chi connectivity index (χ3v) is 13.2. The van der Waals surface area contributed by atoms with E-state index in [0.29, 0.717) is 55.3 Å². The molecule has 5 rings (SSSR count). The highest BCUT2D eigenvalue weighted by Gasteiger charge is 2.39. The molecule has 23 nitrogen and oxygen atoms in total. The largest absolute Gasteiger partial charge is 0.480 e. The minimum atomic E-state index is -1.69. The van der Waals surface area contributed by atoms with Gasteiger partial charge in [0.1, 0.15) is 42.3 Å². The summed E-state index contributed by atoms with van der Waals surface area (Å²) in [5.74, 6) is -7.64. The normalized spacial score (nSPS) is 17.3. The van der Waals surface area contributed by atoms with Crippen molar-refractivity contribution in [3.8, 4) is 0 Å². The maximum atomic E-state index is 14.6. The van der Waals surface area contributed by atoms with Gasteiger partial charge in [0.2, 0.25) is 47.3 Å². The summed E-state index contributed by atoms with van der Waals surface area (Å²) in [6.45, 7) is 1.27. The van der Waals surface area contributed by atoms with Crippen LogP contribution in [0.4, 0.5) is 0 Å². The zero-order valence-electron chi connectivity index (χ0n) is 42.6. The van der Waals surface area contributed by atoms with Gasteiger partial charge in [-0.3, -0.25) is 43.8 Å². The summed E-state index contributed by atoms with van der Waals surface area (Å²) in [6, 6.07) is 16.4. The standard InChI is InChI=1S/C53H73N13O10/c54-25-11-10-21-37(47(70)65-42(31-35-19-8-3-9-20-35)51(74)66-28-14-24-43(66)52(75)76)61-50(73)41(32-44(55)67)64-49(72)40(30-34-17-6-2-7-18-34)63-48(71)39(29-33-15-4-1-5-16-33)62-46(69)38(23-13-27-59-53(56)57)60-45(68)36-22-12-26-58-36/h1-9,15-20,36-43,58H,10-14,21-32,54H2,(H2,55,67)(H,60,68)(H,61,73)(H,62,69)(H,63,71)(H,64,72)(H,65,70)(H,75,76)(H4,56,57,59)/t36-,37-,38-,39-,40-,41-,42-,43+/m0/s1. The van der Waals surface area contributed by atoms with E-state index in [0.717, 1.165) is 6.42 Å². The fourth-order valence-corrected chi connectivity index (χ4v) is 9.17. The molecule has 2 aliphatic heterocycles. The molecule has 0 bridgehead atoms. The van der Waals surface area contributed by atoms with E-state index in [2.05, 4.69) is 42.5 Å². The number of guanidine groups is 1. The van der Waals surface area contributed by atoms with Crippen molar-refractivity contribution < 1.29 is 48.3 Å². The molecule has 8 amide bonds. The summed E-state index contributed by atoms with van der Waals surface area (Å²) in [7, 11) is 0. The fourth-order valence-electron chi connectivity index (χ4n) is 9.17. The van der Waals surface area contributed by atoms with Gasteiger partial charge in [0.15, 0.2) is 5.96 Å². The maximum absolute atomic E-state index is 14.6.